The minimum Gasteiger partial charge on any atom is -0.381 e. The molecule has 5 heteroatoms. The van der Waals surface area contributed by atoms with Gasteiger partial charge in [0.05, 0.1) is 10.2 Å². The van der Waals surface area contributed by atoms with Crippen LogP contribution in [0, 0.1) is 0 Å². The number of nitrogens with one attached hydrogen (secondary N) is 1. The number of halogens is 1. The van der Waals surface area contributed by atoms with Gasteiger partial charge in [0.2, 0.25) is 0 Å². The molecule has 0 fully saturated rings. The topological polar surface area (TPSA) is 34.1 Å². The molecule has 1 aromatic heterocycles. The van der Waals surface area contributed by atoms with Crippen molar-refractivity contribution in [1.29, 1.82) is 0 Å². The molecule has 0 amide bonds. The first kappa shape index (κ1) is 14.6. The van der Waals surface area contributed by atoms with Crippen LogP contribution in [0.15, 0.2) is 18.2 Å². The Bertz CT molecular complexity index is 515. The summed E-state index contributed by atoms with van der Waals surface area (Å²) in [5, 5.41) is 5.04. The van der Waals surface area contributed by atoms with E-state index >= 15 is 0 Å². The number of hydrogen-bond donors (Lipinski definition) is 1. The maximum absolute atomic E-state index is 5.96. The van der Waals surface area contributed by atoms with E-state index in [2.05, 4.69) is 17.2 Å². The number of aromatic nitrogens is 1. The average molecular weight is 299 g/mol. The van der Waals surface area contributed by atoms with Crippen molar-refractivity contribution in [3.05, 3.63) is 23.2 Å². The SMILES string of the molecule is CCCCOCCCNc1nc2ccc(Cl)cc2s1. The van der Waals surface area contributed by atoms with Gasteiger partial charge in [0.15, 0.2) is 5.13 Å². The standard InChI is InChI=1S/C14H19ClN2OS/c1-2-3-8-18-9-4-7-16-14-17-12-6-5-11(15)10-13(12)19-14/h5-6,10H,2-4,7-9H2,1H3,(H,16,17). The Kier molecular flexibility index (Phi) is 5.89. The molecule has 0 saturated carbocycles. The monoisotopic (exact) mass is 298 g/mol. The minimum atomic E-state index is 0.757. The third-order valence-electron chi connectivity index (χ3n) is 2.73. The first-order valence-corrected chi connectivity index (χ1v) is 7.86. The summed E-state index contributed by atoms with van der Waals surface area (Å²) in [5.41, 5.74) is 0.996. The second-order valence-corrected chi connectivity index (χ2v) is 5.84. The minimum absolute atomic E-state index is 0.757. The Hall–Kier alpha value is -0.840. The van der Waals surface area contributed by atoms with Gasteiger partial charge >= 0.3 is 0 Å². The van der Waals surface area contributed by atoms with Crippen molar-refractivity contribution < 1.29 is 4.74 Å². The fourth-order valence-corrected chi connectivity index (χ4v) is 2.86. The van der Waals surface area contributed by atoms with E-state index in [4.69, 9.17) is 16.3 Å². The number of rotatable bonds is 8. The Morgan fingerprint density at radius 1 is 1.32 bits per heavy atom. The molecule has 0 atom stereocenters. The van der Waals surface area contributed by atoms with E-state index in [0.717, 1.165) is 53.0 Å². The normalized spacial score (nSPS) is 11.1. The Morgan fingerprint density at radius 2 is 2.16 bits per heavy atom. The molecule has 1 heterocycles. The van der Waals surface area contributed by atoms with Gasteiger partial charge in [-0.25, -0.2) is 4.98 Å². The van der Waals surface area contributed by atoms with Gasteiger partial charge in [-0.05, 0) is 31.0 Å². The largest absolute Gasteiger partial charge is 0.381 e. The molecule has 0 spiro atoms. The van der Waals surface area contributed by atoms with E-state index in [1.165, 1.54) is 6.42 Å². The highest BCUT2D eigenvalue weighted by atomic mass is 35.5. The molecule has 104 valence electrons. The summed E-state index contributed by atoms with van der Waals surface area (Å²) in [6.45, 7) is 4.74. The van der Waals surface area contributed by atoms with Gasteiger partial charge in [0.25, 0.3) is 0 Å². The fraction of sp³-hybridized carbons (Fsp3) is 0.500. The molecular weight excluding hydrogens is 280 g/mol. The highest BCUT2D eigenvalue weighted by Gasteiger charge is 2.03. The quantitative estimate of drug-likeness (QED) is 0.725. The molecule has 2 rings (SSSR count). The lowest BCUT2D eigenvalue weighted by atomic mass is 10.3. The molecule has 1 aromatic carbocycles. The Balaban J connectivity index is 1.72. The van der Waals surface area contributed by atoms with Gasteiger partial charge < -0.3 is 10.1 Å². The molecule has 3 nitrogen and oxygen atoms in total. The summed E-state index contributed by atoms with van der Waals surface area (Å²) in [4.78, 5) is 4.51. The van der Waals surface area contributed by atoms with Gasteiger partial charge in [-0.2, -0.15) is 0 Å². The van der Waals surface area contributed by atoms with Crippen LogP contribution < -0.4 is 5.32 Å². The molecule has 2 aromatic rings. The van der Waals surface area contributed by atoms with Gasteiger partial charge in [-0.15, -0.1) is 0 Å². The fourth-order valence-electron chi connectivity index (χ4n) is 1.69. The molecular formula is C14H19ClN2OS. The number of hydrogen-bond acceptors (Lipinski definition) is 4. The smallest absolute Gasteiger partial charge is 0.183 e. The van der Waals surface area contributed by atoms with E-state index in [9.17, 15) is 0 Å². The van der Waals surface area contributed by atoms with E-state index < -0.39 is 0 Å². The van der Waals surface area contributed by atoms with Crippen molar-refractivity contribution in [3.63, 3.8) is 0 Å². The van der Waals surface area contributed by atoms with Crippen molar-refractivity contribution in [2.45, 2.75) is 26.2 Å². The lowest BCUT2D eigenvalue weighted by Gasteiger charge is -2.03. The summed E-state index contributed by atoms with van der Waals surface area (Å²) >= 11 is 7.59. The van der Waals surface area contributed by atoms with Crippen LogP contribution in [-0.2, 0) is 4.74 Å². The van der Waals surface area contributed by atoms with Gasteiger partial charge in [0, 0.05) is 24.8 Å². The second kappa shape index (κ2) is 7.68. The molecule has 0 aliphatic heterocycles. The first-order chi connectivity index (χ1) is 9.29. The number of unbranched alkanes of at least 4 members (excludes halogenated alkanes) is 1. The zero-order valence-corrected chi connectivity index (χ0v) is 12.7. The molecule has 0 saturated heterocycles. The van der Waals surface area contributed by atoms with E-state index in [-0.39, 0.29) is 0 Å². The number of ether oxygens (including phenoxy) is 1. The van der Waals surface area contributed by atoms with Crippen LogP contribution in [0.4, 0.5) is 5.13 Å². The van der Waals surface area contributed by atoms with Crippen LogP contribution in [0.3, 0.4) is 0 Å². The van der Waals surface area contributed by atoms with E-state index in [1.54, 1.807) is 11.3 Å². The number of thiazole rings is 1. The maximum atomic E-state index is 5.96. The summed E-state index contributed by atoms with van der Waals surface area (Å²) in [5.74, 6) is 0. The molecule has 19 heavy (non-hydrogen) atoms. The zero-order chi connectivity index (χ0) is 13.5. The average Bonchev–Trinajstić information content (AvgIpc) is 2.79. The molecule has 0 unspecified atom stereocenters. The third kappa shape index (κ3) is 4.64. The van der Waals surface area contributed by atoms with Crippen molar-refractivity contribution in [1.82, 2.24) is 4.98 Å². The van der Waals surface area contributed by atoms with Crippen molar-refractivity contribution in [2.75, 3.05) is 25.1 Å². The summed E-state index contributed by atoms with van der Waals surface area (Å²) in [7, 11) is 0. The molecule has 1 N–H and O–H groups in total. The Labute approximate surface area is 122 Å². The predicted molar refractivity (Wildman–Crippen MR) is 83.5 cm³/mol. The lowest BCUT2D eigenvalue weighted by Crippen LogP contribution is -2.05. The first-order valence-electron chi connectivity index (χ1n) is 6.67. The van der Waals surface area contributed by atoms with Crippen molar-refractivity contribution in [2.24, 2.45) is 0 Å². The van der Waals surface area contributed by atoms with Gasteiger partial charge in [-0.3, -0.25) is 0 Å². The summed E-state index contributed by atoms with van der Waals surface area (Å²) in [6.07, 6.45) is 3.33. The van der Waals surface area contributed by atoms with Crippen molar-refractivity contribution in [3.8, 4) is 0 Å². The third-order valence-corrected chi connectivity index (χ3v) is 3.95. The van der Waals surface area contributed by atoms with E-state index in [0.29, 0.717) is 0 Å². The lowest BCUT2D eigenvalue weighted by molar-refractivity contribution is 0.131. The number of fused-ring (bicyclic) bond motifs is 1. The van der Waals surface area contributed by atoms with Crippen LogP contribution in [0.2, 0.25) is 5.02 Å². The highest BCUT2D eigenvalue weighted by molar-refractivity contribution is 7.22. The number of benzene rings is 1. The maximum Gasteiger partial charge on any atom is 0.183 e. The van der Waals surface area contributed by atoms with Gasteiger partial charge in [-0.1, -0.05) is 36.3 Å². The van der Waals surface area contributed by atoms with Crippen molar-refractivity contribution >= 4 is 38.3 Å². The van der Waals surface area contributed by atoms with E-state index in [1.807, 2.05) is 18.2 Å². The molecule has 0 radical (unpaired) electrons. The summed E-state index contributed by atoms with van der Waals surface area (Å²) in [6, 6.07) is 5.77. The molecule has 0 aliphatic rings. The number of anilines is 1. The van der Waals surface area contributed by atoms with Crippen LogP contribution in [-0.4, -0.2) is 24.7 Å². The predicted octanol–water partition coefficient (Wildman–Crippen LogP) is 4.57. The van der Waals surface area contributed by atoms with Crippen LogP contribution in [0.5, 0.6) is 0 Å². The van der Waals surface area contributed by atoms with Gasteiger partial charge in [0.1, 0.15) is 0 Å². The van der Waals surface area contributed by atoms with Crippen LogP contribution in [0.25, 0.3) is 10.2 Å². The highest BCUT2D eigenvalue weighted by Crippen LogP contribution is 2.28. The number of nitrogens with zero attached hydrogens (tertiary/aromatic N) is 1. The Morgan fingerprint density at radius 3 is 3.00 bits per heavy atom. The van der Waals surface area contributed by atoms with Crippen LogP contribution >= 0.6 is 22.9 Å². The molecule has 0 bridgehead atoms. The molecule has 0 aliphatic carbocycles. The zero-order valence-electron chi connectivity index (χ0n) is 11.1. The summed E-state index contributed by atoms with van der Waals surface area (Å²) < 4.78 is 6.63. The van der Waals surface area contributed by atoms with Crippen LogP contribution in [0.1, 0.15) is 26.2 Å². The second-order valence-electron chi connectivity index (χ2n) is 4.38.